The van der Waals surface area contributed by atoms with Crippen LogP contribution in [0, 0.1) is 6.92 Å². The van der Waals surface area contributed by atoms with E-state index in [4.69, 9.17) is 5.11 Å². The molecule has 0 aliphatic rings. The maximum Gasteiger partial charge on any atom is 0.305 e. The number of aromatic amines is 1. The van der Waals surface area contributed by atoms with Crippen molar-refractivity contribution in [2.24, 2.45) is 0 Å². The molecule has 1 heterocycles. The number of fused-ring (bicyclic) bond motifs is 1. The van der Waals surface area contributed by atoms with Crippen molar-refractivity contribution in [3.05, 3.63) is 24.0 Å². The van der Waals surface area contributed by atoms with E-state index in [1.807, 2.05) is 50.9 Å². The number of aromatic nitrogens is 2. The summed E-state index contributed by atoms with van der Waals surface area (Å²) >= 11 is 0. The number of nitrogens with zero attached hydrogens (tertiary/aromatic N) is 2. The molecule has 0 unspecified atom stereocenters. The maximum atomic E-state index is 10.9. The first kappa shape index (κ1) is 13.4. The molecular formula is C14H19N3O2. The van der Waals surface area contributed by atoms with E-state index in [1.165, 1.54) is 0 Å². The second-order valence-electron chi connectivity index (χ2n) is 5.47. The highest BCUT2D eigenvalue weighted by Crippen LogP contribution is 2.27. The van der Waals surface area contributed by atoms with Gasteiger partial charge in [-0.25, -0.2) is 4.98 Å². The fourth-order valence-corrected chi connectivity index (χ4v) is 2.17. The zero-order valence-corrected chi connectivity index (χ0v) is 11.7. The lowest BCUT2D eigenvalue weighted by molar-refractivity contribution is -0.138. The van der Waals surface area contributed by atoms with Gasteiger partial charge in [-0.2, -0.15) is 0 Å². The number of anilines is 1. The number of benzene rings is 1. The van der Waals surface area contributed by atoms with Crippen LogP contribution in [0.3, 0.4) is 0 Å². The Bertz CT molecular complexity index is 616. The van der Waals surface area contributed by atoms with E-state index in [-0.39, 0.29) is 6.42 Å². The van der Waals surface area contributed by atoms with Crippen LogP contribution in [-0.4, -0.2) is 33.6 Å². The standard InChI is InChI=1S/C14H19N3O2/c1-9-15-11-6-5-10(7-12(11)16-9)17(4)14(2,3)8-13(18)19/h5-7H,8H2,1-4H3,(H,15,16)(H,18,19). The smallest absolute Gasteiger partial charge is 0.305 e. The van der Waals surface area contributed by atoms with Gasteiger partial charge in [0.2, 0.25) is 0 Å². The minimum absolute atomic E-state index is 0.0868. The molecule has 0 radical (unpaired) electrons. The second-order valence-corrected chi connectivity index (χ2v) is 5.47. The Morgan fingerprint density at radius 3 is 2.79 bits per heavy atom. The summed E-state index contributed by atoms with van der Waals surface area (Å²) in [5, 5.41) is 8.98. The van der Waals surface area contributed by atoms with Gasteiger partial charge in [-0.05, 0) is 39.0 Å². The molecule has 1 aromatic heterocycles. The van der Waals surface area contributed by atoms with Gasteiger partial charge in [-0.1, -0.05) is 0 Å². The number of carboxylic acids is 1. The topological polar surface area (TPSA) is 69.2 Å². The first-order chi connectivity index (χ1) is 8.79. The average molecular weight is 261 g/mol. The second kappa shape index (κ2) is 4.57. The summed E-state index contributed by atoms with van der Waals surface area (Å²) < 4.78 is 0. The molecule has 0 aliphatic carbocycles. The molecule has 0 aliphatic heterocycles. The Kier molecular flexibility index (Phi) is 3.22. The Morgan fingerprint density at radius 2 is 2.16 bits per heavy atom. The lowest BCUT2D eigenvalue weighted by atomic mass is 9.98. The summed E-state index contributed by atoms with van der Waals surface area (Å²) in [6.45, 7) is 5.75. The van der Waals surface area contributed by atoms with Crippen molar-refractivity contribution in [2.75, 3.05) is 11.9 Å². The monoisotopic (exact) mass is 261 g/mol. The number of aryl methyl sites for hydroxylation is 1. The minimum atomic E-state index is -0.796. The van der Waals surface area contributed by atoms with E-state index in [0.29, 0.717) is 0 Å². The number of hydrogen-bond donors (Lipinski definition) is 2. The molecule has 19 heavy (non-hydrogen) atoms. The average Bonchev–Trinajstić information content (AvgIpc) is 2.65. The van der Waals surface area contributed by atoms with Gasteiger partial charge < -0.3 is 15.0 Å². The highest BCUT2D eigenvalue weighted by atomic mass is 16.4. The zero-order chi connectivity index (χ0) is 14.2. The normalized spacial score (nSPS) is 11.8. The molecule has 0 bridgehead atoms. The fourth-order valence-electron chi connectivity index (χ4n) is 2.17. The number of H-pyrrole nitrogens is 1. The van der Waals surface area contributed by atoms with Crippen molar-refractivity contribution < 1.29 is 9.90 Å². The molecule has 0 spiro atoms. The van der Waals surface area contributed by atoms with E-state index < -0.39 is 11.5 Å². The van der Waals surface area contributed by atoms with Crippen molar-refractivity contribution in [2.45, 2.75) is 32.7 Å². The predicted octanol–water partition coefficient (Wildman–Crippen LogP) is 2.56. The molecule has 2 N–H and O–H groups in total. The summed E-state index contributed by atoms with van der Waals surface area (Å²) in [5.41, 5.74) is 2.41. The Hall–Kier alpha value is -2.04. The largest absolute Gasteiger partial charge is 0.481 e. The van der Waals surface area contributed by atoms with Crippen molar-refractivity contribution in [1.29, 1.82) is 0 Å². The highest BCUT2D eigenvalue weighted by Gasteiger charge is 2.27. The number of rotatable bonds is 4. The maximum absolute atomic E-state index is 10.9. The molecule has 2 aromatic rings. The van der Waals surface area contributed by atoms with E-state index in [9.17, 15) is 4.79 Å². The van der Waals surface area contributed by atoms with Gasteiger partial charge in [-0.3, -0.25) is 4.79 Å². The van der Waals surface area contributed by atoms with Crippen LogP contribution in [0.4, 0.5) is 5.69 Å². The van der Waals surface area contributed by atoms with Gasteiger partial charge in [0.1, 0.15) is 5.82 Å². The number of nitrogens with one attached hydrogen (secondary N) is 1. The molecule has 5 heteroatoms. The van der Waals surface area contributed by atoms with Gasteiger partial charge >= 0.3 is 5.97 Å². The van der Waals surface area contributed by atoms with Crippen LogP contribution in [-0.2, 0) is 4.79 Å². The van der Waals surface area contributed by atoms with Crippen LogP contribution in [0.15, 0.2) is 18.2 Å². The van der Waals surface area contributed by atoms with Gasteiger partial charge in [0, 0.05) is 18.3 Å². The summed E-state index contributed by atoms with van der Waals surface area (Å²) in [6, 6.07) is 5.91. The number of aliphatic carboxylic acids is 1. The Labute approximate surface area is 112 Å². The summed E-state index contributed by atoms with van der Waals surface area (Å²) in [6.07, 6.45) is 0.0868. The number of imidazole rings is 1. The number of carbonyl (C=O) groups is 1. The van der Waals surface area contributed by atoms with Gasteiger partial charge in [0.05, 0.1) is 17.5 Å². The molecule has 0 saturated heterocycles. The third kappa shape index (κ3) is 2.70. The van der Waals surface area contributed by atoms with Crippen LogP contribution in [0.1, 0.15) is 26.1 Å². The van der Waals surface area contributed by atoms with E-state index in [2.05, 4.69) is 9.97 Å². The number of hydrogen-bond acceptors (Lipinski definition) is 3. The van der Waals surface area contributed by atoms with Crippen molar-refractivity contribution in [1.82, 2.24) is 9.97 Å². The lowest BCUT2D eigenvalue weighted by Crippen LogP contribution is -2.43. The molecular weight excluding hydrogens is 242 g/mol. The zero-order valence-electron chi connectivity index (χ0n) is 11.7. The summed E-state index contributed by atoms with van der Waals surface area (Å²) in [7, 11) is 1.91. The van der Waals surface area contributed by atoms with Crippen LogP contribution in [0.2, 0.25) is 0 Å². The molecule has 0 fully saturated rings. The Balaban J connectivity index is 2.34. The van der Waals surface area contributed by atoms with E-state index in [0.717, 1.165) is 22.5 Å². The Morgan fingerprint density at radius 1 is 1.47 bits per heavy atom. The van der Waals surface area contributed by atoms with E-state index in [1.54, 1.807) is 0 Å². The van der Waals surface area contributed by atoms with Crippen LogP contribution >= 0.6 is 0 Å². The van der Waals surface area contributed by atoms with Gasteiger partial charge in [0.15, 0.2) is 0 Å². The lowest BCUT2D eigenvalue weighted by Gasteiger charge is -2.36. The molecule has 102 valence electrons. The molecule has 1 aromatic carbocycles. The SMILES string of the molecule is Cc1nc2ccc(N(C)C(C)(C)CC(=O)O)cc2[nH]1. The van der Waals surface area contributed by atoms with Crippen LogP contribution < -0.4 is 4.90 Å². The molecule has 2 rings (SSSR count). The van der Waals surface area contributed by atoms with Crippen molar-refractivity contribution in [3.63, 3.8) is 0 Å². The molecule has 0 amide bonds. The summed E-state index contributed by atoms with van der Waals surface area (Å²) in [4.78, 5) is 20.5. The van der Waals surface area contributed by atoms with Crippen molar-refractivity contribution in [3.8, 4) is 0 Å². The van der Waals surface area contributed by atoms with E-state index >= 15 is 0 Å². The van der Waals surface area contributed by atoms with Gasteiger partial charge in [0.25, 0.3) is 0 Å². The van der Waals surface area contributed by atoms with Crippen LogP contribution in [0.25, 0.3) is 11.0 Å². The minimum Gasteiger partial charge on any atom is -0.481 e. The molecule has 5 nitrogen and oxygen atoms in total. The quantitative estimate of drug-likeness (QED) is 0.887. The van der Waals surface area contributed by atoms with Crippen LogP contribution in [0.5, 0.6) is 0 Å². The third-order valence-electron chi connectivity index (χ3n) is 3.46. The van der Waals surface area contributed by atoms with Crippen molar-refractivity contribution >= 4 is 22.7 Å². The first-order valence-electron chi connectivity index (χ1n) is 6.21. The molecule has 0 atom stereocenters. The predicted molar refractivity (Wildman–Crippen MR) is 75.6 cm³/mol. The summed E-state index contributed by atoms with van der Waals surface area (Å²) in [5.74, 6) is 0.0786. The molecule has 0 saturated carbocycles. The third-order valence-corrected chi connectivity index (χ3v) is 3.46. The van der Waals surface area contributed by atoms with Gasteiger partial charge in [-0.15, -0.1) is 0 Å². The first-order valence-corrected chi connectivity index (χ1v) is 6.21. The highest BCUT2D eigenvalue weighted by molar-refractivity contribution is 5.80. The fraction of sp³-hybridized carbons (Fsp3) is 0.429. The number of carboxylic acid groups (broad SMARTS) is 1.